The van der Waals surface area contributed by atoms with E-state index >= 15 is 0 Å². The van der Waals surface area contributed by atoms with Gasteiger partial charge in [-0.25, -0.2) is 4.98 Å². The number of nitrogens with one attached hydrogen (secondary N) is 1. The van der Waals surface area contributed by atoms with Crippen molar-refractivity contribution in [3.8, 4) is 11.4 Å². The van der Waals surface area contributed by atoms with Crippen LogP contribution in [-0.2, 0) is 0 Å². The zero-order chi connectivity index (χ0) is 13.1. The van der Waals surface area contributed by atoms with E-state index in [4.69, 9.17) is 16.0 Å². The molecule has 0 spiro atoms. The maximum Gasteiger partial charge on any atom is 0.240 e. The third-order valence-corrected chi connectivity index (χ3v) is 2.59. The molecule has 0 radical (unpaired) electrons. The molecule has 0 unspecified atom stereocenters. The molecule has 19 heavy (non-hydrogen) atoms. The van der Waals surface area contributed by atoms with Gasteiger partial charge in [-0.2, -0.15) is 5.10 Å². The van der Waals surface area contributed by atoms with Crippen molar-refractivity contribution in [3.05, 3.63) is 47.4 Å². The van der Waals surface area contributed by atoms with Crippen LogP contribution in [0.1, 0.15) is 11.7 Å². The highest BCUT2D eigenvalue weighted by atomic mass is 35.5. The summed E-state index contributed by atoms with van der Waals surface area (Å²) in [4.78, 5) is 4.32. The quantitative estimate of drug-likeness (QED) is 0.793. The first-order valence-corrected chi connectivity index (χ1v) is 5.82. The Morgan fingerprint density at radius 2 is 2.21 bits per heavy atom. The van der Waals surface area contributed by atoms with Crippen molar-refractivity contribution < 1.29 is 4.42 Å². The molecule has 0 fully saturated rings. The van der Waals surface area contributed by atoms with Gasteiger partial charge < -0.3 is 4.42 Å². The van der Waals surface area contributed by atoms with Crippen LogP contribution in [0.4, 0.5) is 0 Å². The third kappa shape index (κ3) is 2.69. The largest absolute Gasteiger partial charge is 0.424 e. The van der Waals surface area contributed by atoms with E-state index in [1.54, 1.807) is 18.2 Å². The summed E-state index contributed by atoms with van der Waals surface area (Å²) in [5, 5.41) is 14.8. The Kier molecular flexibility index (Phi) is 3.07. The molecule has 0 aliphatic rings. The first kappa shape index (κ1) is 11.6. The topological polar surface area (TPSA) is 80.5 Å². The number of H-pyrrole nitrogens is 1. The molecule has 0 aliphatic carbocycles. The van der Waals surface area contributed by atoms with Gasteiger partial charge in [-0.3, -0.25) is 5.10 Å². The Morgan fingerprint density at radius 3 is 3.00 bits per heavy atom. The Bertz CT molecular complexity index is 705. The van der Waals surface area contributed by atoms with Gasteiger partial charge in [-0.15, -0.1) is 10.2 Å². The predicted molar refractivity (Wildman–Crippen MR) is 70.1 cm³/mol. The van der Waals surface area contributed by atoms with Crippen LogP contribution in [-0.4, -0.2) is 25.4 Å². The van der Waals surface area contributed by atoms with Gasteiger partial charge in [0.25, 0.3) is 0 Å². The second-order valence-corrected chi connectivity index (χ2v) is 4.10. The summed E-state index contributed by atoms with van der Waals surface area (Å²) in [7, 11) is 0. The van der Waals surface area contributed by atoms with Gasteiger partial charge in [0.15, 0.2) is 11.6 Å². The molecule has 7 heteroatoms. The summed E-state index contributed by atoms with van der Waals surface area (Å²) in [5.74, 6) is 1.56. The molecule has 1 N–H and O–H groups in total. The van der Waals surface area contributed by atoms with Gasteiger partial charge in [0.1, 0.15) is 0 Å². The molecule has 6 nitrogen and oxygen atoms in total. The minimum Gasteiger partial charge on any atom is -0.424 e. The zero-order valence-electron chi connectivity index (χ0n) is 9.62. The van der Waals surface area contributed by atoms with Crippen LogP contribution in [0.3, 0.4) is 0 Å². The van der Waals surface area contributed by atoms with Crippen LogP contribution in [0.5, 0.6) is 0 Å². The molecular weight excluding hydrogens is 266 g/mol. The number of nitrogens with zero attached hydrogens (tertiary/aromatic N) is 4. The fourth-order valence-corrected chi connectivity index (χ4v) is 1.70. The maximum atomic E-state index is 5.93. The number of hydrogen-bond acceptors (Lipinski definition) is 5. The Morgan fingerprint density at radius 1 is 1.26 bits per heavy atom. The smallest absolute Gasteiger partial charge is 0.240 e. The highest BCUT2D eigenvalue weighted by Gasteiger charge is 2.04. The molecule has 2 aromatic heterocycles. The molecule has 3 aromatic rings. The highest BCUT2D eigenvalue weighted by Crippen LogP contribution is 2.19. The Balaban J connectivity index is 1.83. The van der Waals surface area contributed by atoms with Crippen LogP contribution in [0.2, 0.25) is 5.02 Å². The van der Waals surface area contributed by atoms with Crippen LogP contribution < -0.4 is 0 Å². The number of benzene rings is 1. The average Bonchev–Trinajstić information content (AvgIpc) is 3.08. The third-order valence-electron chi connectivity index (χ3n) is 2.35. The van der Waals surface area contributed by atoms with Crippen molar-refractivity contribution in [2.45, 2.75) is 0 Å². The lowest BCUT2D eigenvalue weighted by atomic mass is 10.2. The molecule has 0 atom stereocenters. The molecule has 0 saturated heterocycles. The van der Waals surface area contributed by atoms with E-state index in [0.717, 1.165) is 5.56 Å². The van der Waals surface area contributed by atoms with E-state index in [0.29, 0.717) is 22.6 Å². The summed E-state index contributed by atoms with van der Waals surface area (Å²) in [6, 6.07) is 7.37. The van der Waals surface area contributed by atoms with Gasteiger partial charge in [-0.05, 0) is 18.2 Å². The lowest BCUT2D eigenvalue weighted by Gasteiger charge is -1.95. The normalized spacial score (nSPS) is 11.2. The second-order valence-electron chi connectivity index (χ2n) is 3.66. The van der Waals surface area contributed by atoms with Gasteiger partial charge in [-0.1, -0.05) is 23.7 Å². The Labute approximate surface area is 113 Å². The lowest BCUT2D eigenvalue weighted by molar-refractivity contribution is 0.542. The molecule has 2 heterocycles. The van der Waals surface area contributed by atoms with Crippen molar-refractivity contribution in [2.24, 2.45) is 0 Å². The van der Waals surface area contributed by atoms with Crippen LogP contribution >= 0.6 is 11.6 Å². The molecule has 0 aliphatic heterocycles. The summed E-state index contributed by atoms with van der Waals surface area (Å²) in [6.45, 7) is 0. The zero-order valence-corrected chi connectivity index (χ0v) is 10.4. The first-order chi connectivity index (χ1) is 9.31. The molecular formula is C12H8ClN5O. The van der Waals surface area contributed by atoms with Crippen molar-refractivity contribution in [2.75, 3.05) is 0 Å². The summed E-state index contributed by atoms with van der Waals surface area (Å²) in [5.41, 5.74) is 0.873. The van der Waals surface area contributed by atoms with E-state index in [9.17, 15) is 0 Å². The molecule has 0 amide bonds. The fourth-order valence-electron chi connectivity index (χ4n) is 1.51. The molecule has 0 bridgehead atoms. The number of halogens is 1. The minimum absolute atomic E-state index is 0.397. The van der Waals surface area contributed by atoms with Gasteiger partial charge >= 0.3 is 0 Å². The monoisotopic (exact) mass is 273 g/mol. The van der Waals surface area contributed by atoms with Crippen LogP contribution in [0.25, 0.3) is 23.5 Å². The molecule has 0 saturated carbocycles. The first-order valence-electron chi connectivity index (χ1n) is 5.44. The summed E-state index contributed by atoms with van der Waals surface area (Å²) < 4.78 is 4.97. The minimum atomic E-state index is 0.397. The van der Waals surface area contributed by atoms with E-state index in [1.807, 2.05) is 18.2 Å². The number of aromatic amines is 1. The average molecular weight is 274 g/mol. The van der Waals surface area contributed by atoms with Crippen molar-refractivity contribution in [1.82, 2.24) is 25.4 Å². The SMILES string of the molecule is Clc1cccc(-c2nc(/C=C\c3nnco3)n[nH]2)c1. The second kappa shape index (κ2) is 5.03. The van der Waals surface area contributed by atoms with E-state index in [2.05, 4.69) is 25.4 Å². The van der Waals surface area contributed by atoms with Gasteiger partial charge in [0.2, 0.25) is 12.3 Å². The fraction of sp³-hybridized carbons (Fsp3) is 0. The van der Waals surface area contributed by atoms with Crippen molar-refractivity contribution >= 4 is 23.8 Å². The van der Waals surface area contributed by atoms with E-state index in [-0.39, 0.29) is 0 Å². The lowest BCUT2D eigenvalue weighted by Crippen LogP contribution is -1.80. The van der Waals surface area contributed by atoms with Crippen molar-refractivity contribution in [3.63, 3.8) is 0 Å². The van der Waals surface area contributed by atoms with Gasteiger partial charge in [0, 0.05) is 16.7 Å². The predicted octanol–water partition coefficient (Wildman–Crippen LogP) is 2.68. The van der Waals surface area contributed by atoms with Gasteiger partial charge in [0.05, 0.1) is 0 Å². The molecule has 3 rings (SSSR count). The maximum absolute atomic E-state index is 5.93. The summed E-state index contributed by atoms with van der Waals surface area (Å²) >= 11 is 5.93. The highest BCUT2D eigenvalue weighted by molar-refractivity contribution is 6.30. The molecule has 94 valence electrons. The Hall–Kier alpha value is -2.47. The summed E-state index contributed by atoms with van der Waals surface area (Å²) in [6.07, 6.45) is 4.57. The van der Waals surface area contributed by atoms with E-state index in [1.165, 1.54) is 6.39 Å². The molecule has 1 aromatic carbocycles. The van der Waals surface area contributed by atoms with E-state index < -0.39 is 0 Å². The number of aromatic nitrogens is 5. The van der Waals surface area contributed by atoms with Crippen LogP contribution in [0, 0.1) is 0 Å². The van der Waals surface area contributed by atoms with Crippen molar-refractivity contribution in [1.29, 1.82) is 0 Å². The standard InChI is InChI=1S/C12H8ClN5O/c13-9-3-1-2-8(6-9)12-15-10(16-18-12)4-5-11-17-14-7-19-11/h1-7H,(H,15,16,18)/b5-4-. The van der Waals surface area contributed by atoms with Crippen LogP contribution in [0.15, 0.2) is 35.1 Å². The number of rotatable bonds is 3. The number of hydrogen-bond donors (Lipinski definition) is 1.